The van der Waals surface area contributed by atoms with Crippen LogP contribution in [-0.2, 0) is 16.6 Å². The average molecular weight is 654 g/mol. The van der Waals surface area contributed by atoms with E-state index in [1.54, 1.807) is 6.21 Å². The van der Waals surface area contributed by atoms with Crippen molar-refractivity contribution in [2.75, 3.05) is 5.01 Å². The molecule has 11 heteroatoms. The van der Waals surface area contributed by atoms with Crippen molar-refractivity contribution in [3.63, 3.8) is 0 Å². The molecule has 3 aromatic carbocycles. The first-order valence-electron chi connectivity index (χ1n) is 12.4. The summed E-state index contributed by atoms with van der Waals surface area (Å²) >= 11 is 6.33. The van der Waals surface area contributed by atoms with Crippen molar-refractivity contribution in [1.82, 2.24) is 9.29 Å². The van der Waals surface area contributed by atoms with Gasteiger partial charge in [0, 0.05) is 27.5 Å². The normalized spacial score (nSPS) is 12.1. The number of aromatic nitrogens is 1. The van der Waals surface area contributed by atoms with Crippen molar-refractivity contribution in [1.29, 1.82) is 0 Å². The Balaban J connectivity index is 1.45. The smallest absolute Gasteiger partial charge is 0.267 e. The molecule has 5 rings (SSSR count). The van der Waals surface area contributed by atoms with Crippen LogP contribution in [0.3, 0.4) is 0 Å². The van der Waals surface area contributed by atoms with Gasteiger partial charge in [-0.2, -0.15) is 14.4 Å². The molecule has 0 radical (unpaired) electrons. The molecule has 0 aliphatic rings. The van der Waals surface area contributed by atoms with Gasteiger partial charge in [-0.05, 0) is 73.3 Å². The minimum Gasteiger partial charge on any atom is -0.267 e. The molecule has 0 saturated carbocycles. The summed E-state index contributed by atoms with van der Waals surface area (Å²) in [5.41, 5.74) is 1.94. The third-order valence-corrected chi connectivity index (χ3v) is 10.4. The number of amides is 1. The van der Waals surface area contributed by atoms with Crippen molar-refractivity contribution in [2.24, 2.45) is 5.10 Å². The number of sulfonamides is 1. The molecule has 0 fully saturated rings. The van der Waals surface area contributed by atoms with Crippen LogP contribution in [0, 0.1) is 0 Å². The average Bonchev–Trinajstić information content (AvgIpc) is 3.62. The van der Waals surface area contributed by atoms with Crippen molar-refractivity contribution in [3.05, 3.63) is 111 Å². The number of fused-ring (bicyclic) bond motifs is 1. The highest BCUT2D eigenvalue weighted by Crippen LogP contribution is 2.32. The van der Waals surface area contributed by atoms with Gasteiger partial charge in [-0.1, -0.05) is 63.7 Å². The van der Waals surface area contributed by atoms with E-state index in [0.29, 0.717) is 10.7 Å². The molecular weight excluding hydrogens is 628 g/mol. The highest BCUT2D eigenvalue weighted by molar-refractivity contribution is 9.10. The van der Waals surface area contributed by atoms with E-state index in [1.807, 2.05) is 79.9 Å². The molecule has 0 bridgehead atoms. The summed E-state index contributed by atoms with van der Waals surface area (Å²) in [6.07, 6.45) is 1.62. The molecule has 2 aromatic heterocycles. The predicted octanol–water partition coefficient (Wildman–Crippen LogP) is 7.40. The second-order valence-corrected chi connectivity index (χ2v) is 13.9. The summed E-state index contributed by atoms with van der Waals surface area (Å²) in [5, 5.41) is 8.08. The zero-order chi connectivity index (χ0) is 28.3. The highest BCUT2D eigenvalue weighted by atomic mass is 79.9. The Hall–Kier alpha value is -3.22. The van der Waals surface area contributed by atoms with Crippen molar-refractivity contribution in [3.8, 4) is 0 Å². The lowest BCUT2D eigenvalue weighted by molar-refractivity contribution is 0.0987. The van der Waals surface area contributed by atoms with Crippen LogP contribution in [0.5, 0.6) is 0 Å². The Kier molecular flexibility index (Phi) is 8.57. The summed E-state index contributed by atoms with van der Waals surface area (Å²) in [7, 11) is -3.81. The summed E-state index contributed by atoms with van der Waals surface area (Å²) in [4.78, 5) is 19.3. The van der Waals surface area contributed by atoms with E-state index < -0.39 is 15.9 Å². The van der Waals surface area contributed by atoms with Crippen molar-refractivity contribution in [2.45, 2.75) is 31.3 Å². The number of benzene rings is 3. The molecule has 7 nitrogen and oxygen atoms in total. The van der Waals surface area contributed by atoms with Crippen LogP contribution in [-0.4, -0.2) is 35.9 Å². The zero-order valence-corrected chi connectivity index (χ0v) is 25.7. The van der Waals surface area contributed by atoms with Gasteiger partial charge in [0.2, 0.25) is 15.2 Å². The van der Waals surface area contributed by atoms with E-state index in [9.17, 15) is 13.2 Å². The SMILES string of the molecule is CC(C)N(Cc1ccccc1)S(=O)(=O)c1ccc(C(=O)N(/N=C/c2cccs2)c2nc3ccc(Br)cc3s2)cc1. The fourth-order valence-corrected chi connectivity index (χ4v) is 7.66. The molecular formula is C29H25BrN4O3S3. The number of nitrogens with zero attached hydrogens (tertiary/aromatic N) is 4. The van der Waals surface area contributed by atoms with Crippen LogP contribution in [0.2, 0.25) is 0 Å². The van der Waals surface area contributed by atoms with E-state index in [2.05, 4.69) is 26.0 Å². The number of hydrazone groups is 1. The maximum Gasteiger partial charge on any atom is 0.280 e. The van der Waals surface area contributed by atoms with Crippen LogP contribution < -0.4 is 5.01 Å². The summed E-state index contributed by atoms with van der Waals surface area (Å²) in [6, 6.07) is 24.7. The van der Waals surface area contributed by atoms with Gasteiger partial charge < -0.3 is 0 Å². The number of thiophene rings is 1. The van der Waals surface area contributed by atoms with Gasteiger partial charge in [0.15, 0.2) is 0 Å². The number of halogens is 1. The van der Waals surface area contributed by atoms with E-state index in [0.717, 1.165) is 25.1 Å². The molecule has 204 valence electrons. The monoisotopic (exact) mass is 652 g/mol. The largest absolute Gasteiger partial charge is 0.280 e. The Morgan fingerprint density at radius 1 is 1.02 bits per heavy atom. The number of anilines is 1. The second-order valence-electron chi connectivity index (χ2n) is 9.14. The van der Waals surface area contributed by atoms with E-state index in [4.69, 9.17) is 0 Å². The molecule has 0 aliphatic heterocycles. The number of thiazole rings is 1. The molecule has 0 saturated heterocycles. The van der Waals surface area contributed by atoms with E-state index in [1.165, 1.54) is 56.3 Å². The molecule has 2 heterocycles. The third-order valence-electron chi connectivity index (χ3n) is 6.02. The topological polar surface area (TPSA) is 82.9 Å². The van der Waals surface area contributed by atoms with Gasteiger partial charge >= 0.3 is 0 Å². The number of rotatable bonds is 9. The number of hydrogen-bond acceptors (Lipinski definition) is 7. The third kappa shape index (κ3) is 6.24. The Bertz CT molecular complexity index is 1750. The minimum absolute atomic E-state index is 0.118. The van der Waals surface area contributed by atoms with E-state index in [-0.39, 0.29) is 17.5 Å². The van der Waals surface area contributed by atoms with Gasteiger partial charge in [-0.3, -0.25) is 4.79 Å². The van der Waals surface area contributed by atoms with Gasteiger partial charge in [0.1, 0.15) is 0 Å². The van der Waals surface area contributed by atoms with Crippen molar-refractivity contribution < 1.29 is 13.2 Å². The van der Waals surface area contributed by atoms with Crippen LogP contribution in [0.25, 0.3) is 10.2 Å². The number of carbonyl (C=O) groups excluding carboxylic acids is 1. The standard InChI is InChI=1S/C29H25BrN4O3S3/c1-20(2)33(19-21-7-4-3-5-8-21)40(36,37)25-13-10-22(11-14-25)28(35)34(31-18-24-9-6-16-38-24)29-32-26-15-12-23(30)17-27(26)39-29/h3-18,20H,19H2,1-2H3/b31-18+. The maximum absolute atomic E-state index is 13.7. The molecule has 0 N–H and O–H groups in total. The van der Waals surface area contributed by atoms with Gasteiger partial charge in [0.05, 0.1) is 21.3 Å². The Morgan fingerprint density at radius 3 is 2.45 bits per heavy atom. The Labute approximate surface area is 249 Å². The molecule has 0 atom stereocenters. The molecule has 0 aliphatic carbocycles. The van der Waals surface area contributed by atoms with Crippen LogP contribution >= 0.6 is 38.6 Å². The van der Waals surface area contributed by atoms with Crippen LogP contribution in [0.4, 0.5) is 5.13 Å². The fraction of sp³-hybridized carbons (Fsp3) is 0.138. The first-order valence-corrected chi connectivity index (χ1v) is 16.3. The van der Waals surface area contributed by atoms with Gasteiger partial charge in [-0.25, -0.2) is 13.4 Å². The fourth-order valence-electron chi connectivity index (χ4n) is 3.98. The summed E-state index contributed by atoms with van der Waals surface area (Å²) in [5.74, 6) is -0.417. The predicted molar refractivity (Wildman–Crippen MR) is 167 cm³/mol. The number of carbonyl (C=O) groups is 1. The lowest BCUT2D eigenvalue weighted by Gasteiger charge is -2.26. The maximum atomic E-state index is 13.7. The van der Waals surface area contributed by atoms with Gasteiger partial charge in [-0.15, -0.1) is 11.3 Å². The summed E-state index contributed by atoms with van der Waals surface area (Å²) < 4.78 is 30.4. The van der Waals surface area contributed by atoms with Gasteiger partial charge in [0.25, 0.3) is 5.91 Å². The molecule has 1 amide bonds. The molecule has 0 unspecified atom stereocenters. The molecule has 40 heavy (non-hydrogen) atoms. The second kappa shape index (κ2) is 12.1. The lowest BCUT2D eigenvalue weighted by atomic mass is 10.2. The van der Waals surface area contributed by atoms with E-state index >= 15 is 0 Å². The molecule has 5 aromatic rings. The summed E-state index contributed by atoms with van der Waals surface area (Å²) in [6.45, 7) is 3.94. The van der Waals surface area contributed by atoms with Crippen LogP contribution in [0.15, 0.2) is 105 Å². The number of hydrogen-bond donors (Lipinski definition) is 0. The van der Waals surface area contributed by atoms with Crippen LogP contribution in [0.1, 0.15) is 34.6 Å². The first-order chi connectivity index (χ1) is 19.2. The minimum atomic E-state index is -3.81. The lowest BCUT2D eigenvalue weighted by Crippen LogP contribution is -2.36. The Morgan fingerprint density at radius 2 is 1.77 bits per heavy atom. The first kappa shape index (κ1) is 28.3. The highest BCUT2D eigenvalue weighted by Gasteiger charge is 2.28. The molecule has 0 spiro atoms. The van der Waals surface area contributed by atoms with Crippen molar-refractivity contribution >= 4 is 76.1 Å². The quantitative estimate of drug-likeness (QED) is 0.123. The zero-order valence-electron chi connectivity index (χ0n) is 21.6.